The number of aromatic amines is 2. The number of carbonyl (C=O) groups excluding carboxylic acids is 3. The molecule has 2 saturated heterocycles. The standard InChI is InChI=1S/C56H58N8O6/c65-53(49(37-11-3-1-4-12-37)61-55(67)70-42-17-9-10-18-42)63-45-27-39(45)29-47(63)51-57-31-43(59-51)35-23-19-33(20-24-35)34-21-25-36(26-22-34)44-32-58-52(60-44)48-30-40-28-46(40)64(48)54(66)50(38-13-5-2-6-14-38)62(56(68)69)41-15-7-8-16-41/h1-6,11-14,19-26,31-32,39-42,45-50H,7-10,15-18,27-30H2,(H,57,59)(H,58,60)(H,61,67)(H,68,69)/t39-,40+,45+,46+,47-,48-,49+,50+/m0/s1. The van der Waals surface area contributed by atoms with Gasteiger partial charge >= 0.3 is 12.2 Å². The molecule has 6 fully saturated rings. The molecule has 2 aliphatic heterocycles. The number of imidazole rings is 2. The number of hydrogen-bond donors (Lipinski definition) is 4. The van der Waals surface area contributed by atoms with Gasteiger partial charge in [0, 0.05) is 18.1 Å². The van der Waals surface area contributed by atoms with Gasteiger partial charge in [-0.25, -0.2) is 19.6 Å². The average molecular weight is 939 g/mol. The second-order valence-electron chi connectivity index (χ2n) is 20.4. The highest BCUT2D eigenvalue weighted by Gasteiger charge is 2.58. The summed E-state index contributed by atoms with van der Waals surface area (Å²) in [5.41, 5.74) is 7.20. The van der Waals surface area contributed by atoms with Gasteiger partial charge in [-0.05, 0) is 109 Å². The van der Waals surface area contributed by atoms with E-state index in [2.05, 4.69) is 63.8 Å². The number of likely N-dealkylation sites (tertiary alicyclic amines) is 2. The summed E-state index contributed by atoms with van der Waals surface area (Å²) >= 11 is 0. The Labute approximate surface area is 406 Å². The van der Waals surface area contributed by atoms with Crippen molar-refractivity contribution >= 4 is 24.0 Å². The zero-order valence-corrected chi connectivity index (χ0v) is 39.0. The maximum absolute atomic E-state index is 14.8. The number of alkyl carbamates (subject to hydrolysis) is 1. The number of carbonyl (C=O) groups is 4. The normalized spacial score (nSPS) is 24.5. The summed E-state index contributed by atoms with van der Waals surface area (Å²) in [4.78, 5) is 77.4. The van der Waals surface area contributed by atoms with Crippen molar-refractivity contribution in [2.24, 2.45) is 11.8 Å². The van der Waals surface area contributed by atoms with Crippen LogP contribution in [0.1, 0.15) is 124 Å². The second-order valence-corrected chi connectivity index (χ2v) is 20.4. The third kappa shape index (κ3) is 8.40. The van der Waals surface area contributed by atoms with Crippen LogP contribution in [-0.4, -0.2) is 88.0 Å². The molecular weight excluding hydrogens is 881 g/mol. The van der Waals surface area contributed by atoms with Crippen molar-refractivity contribution in [3.8, 4) is 33.6 Å². The zero-order valence-electron chi connectivity index (χ0n) is 39.0. The van der Waals surface area contributed by atoms with Crippen LogP contribution >= 0.6 is 0 Å². The van der Waals surface area contributed by atoms with E-state index in [-0.39, 0.29) is 48.1 Å². The molecule has 4 aromatic carbocycles. The summed E-state index contributed by atoms with van der Waals surface area (Å²) in [6.07, 6.45) is 12.7. The largest absolute Gasteiger partial charge is 0.465 e. The summed E-state index contributed by atoms with van der Waals surface area (Å²) < 4.78 is 5.74. The average Bonchev–Trinajstić information content (AvgIpc) is 3.90. The van der Waals surface area contributed by atoms with Gasteiger partial charge in [0.2, 0.25) is 0 Å². The van der Waals surface area contributed by atoms with Gasteiger partial charge < -0.3 is 34.9 Å². The molecule has 6 aliphatic rings. The Morgan fingerprint density at radius 3 is 1.59 bits per heavy atom. The van der Waals surface area contributed by atoms with Crippen LogP contribution in [0.5, 0.6) is 0 Å². The fraction of sp³-hybridized carbons (Fsp3) is 0.393. The minimum atomic E-state index is -1.05. The van der Waals surface area contributed by atoms with Crippen LogP contribution in [-0.2, 0) is 14.3 Å². The van der Waals surface area contributed by atoms with E-state index in [1.54, 1.807) is 0 Å². The Balaban J connectivity index is 0.724. The minimum Gasteiger partial charge on any atom is -0.465 e. The maximum atomic E-state index is 14.8. The SMILES string of the molecule is O=C(N[C@@H](C(=O)N1[C@@H]2C[C@H]2C[C@H]1c1ncc(-c2ccc(-c3ccc(-c4cnc([C@@H]5C[C@H]6C[C@H]6N5C(=O)[C@@H](c5ccccc5)N(C(=O)O)C5CCCC5)[nH]4)cc3)cc2)[nH]1)c1ccccc1)OC1CCCC1. The van der Waals surface area contributed by atoms with E-state index in [1.165, 1.54) is 4.90 Å². The van der Waals surface area contributed by atoms with E-state index in [4.69, 9.17) is 14.7 Å². The molecule has 4 aliphatic carbocycles. The summed E-state index contributed by atoms with van der Waals surface area (Å²) in [6, 6.07) is 33.2. The number of aromatic nitrogens is 4. The highest BCUT2D eigenvalue weighted by molar-refractivity contribution is 5.89. The van der Waals surface area contributed by atoms with E-state index in [1.807, 2.05) is 82.9 Å². The predicted octanol–water partition coefficient (Wildman–Crippen LogP) is 10.5. The number of H-pyrrole nitrogens is 2. The van der Waals surface area contributed by atoms with Crippen molar-refractivity contribution < 1.29 is 29.0 Å². The molecule has 4 amide bonds. The third-order valence-corrected chi connectivity index (χ3v) is 16.0. The van der Waals surface area contributed by atoms with E-state index in [9.17, 15) is 24.3 Å². The molecular formula is C56H58N8O6. The fourth-order valence-electron chi connectivity index (χ4n) is 12.3. The smallest absolute Gasteiger partial charge is 0.408 e. The Morgan fingerprint density at radius 2 is 1.07 bits per heavy atom. The highest BCUT2D eigenvalue weighted by Crippen LogP contribution is 2.55. The highest BCUT2D eigenvalue weighted by atomic mass is 16.6. The van der Waals surface area contributed by atoms with Crippen LogP contribution < -0.4 is 5.32 Å². The number of amides is 4. The molecule has 4 heterocycles. The van der Waals surface area contributed by atoms with Gasteiger partial charge in [0.05, 0.1) is 35.9 Å². The molecule has 0 bridgehead atoms. The van der Waals surface area contributed by atoms with Crippen molar-refractivity contribution in [1.82, 2.24) is 40.0 Å². The first-order valence-corrected chi connectivity index (χ1v) is 25.3. The number of hydrogen-bond acceptors (Lipinski definition) is 7. The molecule has 0 radical (unpaired) electrons. The number of benzene rings is 4. The molecule has 4 saturated carbocycles. The topological polar surface area (TPSA) is 177 Å². The van der Waals surface area contributed by atoms with Gasteiger partial charge in [-0.3, -0.25) is 14.5 Å². The molecule has 70 heavy (non-hydrogen) atoms. The van der Waals surface area contributed by atoms with Crippen molar-refractivity contribution in [3.63, 3.8) is 0 Å². The summed E-state index contributed by atoms with van der Waals surface area (Å²) in [5, 5.41) is 13.5. The van der Waals surface area contributed by atoms with Gasteiger partial charge in [-0.1, -0.05) is 122 Å². The first kappa shape index (κ1) is 44.0. The molecule has 4 N–H and O–H groups in total. The lowest BCUT2D eigenvalue weighted by molar-refractivity contribution is -0.140. The number of nitrogens with one attached hydrogen (secondary N) is 3. The molecule has 0 unspecified atom stereocenters. The van der Waals surface area contributed by atoms with E-state index < -0.39 is 24.3 Å². The monoisotopic (exact) mass is 938 g/mol. The van der Waals surface area contributed by atoms with Crippen LogP contribution in [0.4, 0.5) is 9.59 Å². The lowest BCUT2D eigenvalue weighted by Crippen LogP contribution is -2.49. The Hall–Kier alpha value is -7.22. The van der Waals surface area contributed by atoms with Crippen molar-refractivity contribution in [3.05, 3.63) is 144 Å². The van der Waals surface area contributed by atoms with E-state index >= 15 is 0 Å². The lowest BCUT2D eigenvalue weighted by atomic mass is 10.00. The Morgan fingerprint density at radius 1 is 0.600 bits per heavy atom. The predicted molar refractivity (Wildman–Crippen MR) is 262 cm³/mol. The van der Waals surface area contributed by atoms with Gasteiger partial charge in [0.25, 0.3) is 11.8 Å². The van der Waals surface area contributed by atoms with Crippen LogP contribution in [0.25, 0.3) is 33.6 Å². The van der Waals surface area contributed by atoms with Crippen LogP contribution in [0, 0.1) is 11.8 Å². The Kier molecular flexibility index (Phi) is 11.5. The summed E-state index contributed by atoms with van der Waals surface area (Å²) in [7, 11) is 0. The van der Waals surface area contributed by atoms with Crippen LogP contribution in [0.2, 0.25) is 0 Å². The van der Waals surface area contributed by atoms with Crippen LogP contribution in [0.3, 0.4) is 0 Å². The van der Waals surface area contributed by atoms with E-state index in [0.29, 0.717) is 17.4 Å². The molecule has 8 atom stereocenters. The molecule has 0 spiro atoms. The number of nitrogens with zero attached hydrogens (tertiary/aromatic N) is 5. The summed E-state index contributed by atoms with van der Waals surface area (Å²) in [5.74, 6) is 1.93. The molecule has 358 valence electrons. The first-order valence-electron chi connectivity index (χ1n) is 25.3. The molecule has 14 nitrogen and oxygen atoms in total. The van der Waals surface area contributed by atoms with Gasteiger partial charge in [-0.15, -0.1) is 0 Å². The fourth-order valence-corrected chi connectivity index (χ4v) is 12.3. The molecule has 12 rings (SSSR count). The molecule has 14 heteroatoms. The quantitative estimate of drug-likeness (QED) is 0.0884. The number of carboxylic acid groups (broad SMARTS) is 1. The molecule has 6 aromatic rings. The van der Waals surface area contributed by atoms with Crippen molar-refractivity contribution in [2.75, 3.05) is 0 Å². The number of fused-ring (bicyclic) bond motifs is 2. The van der Waals surface area contributed by atoms with Gasteiger partial charge in [0.1, 0.15) is 29.8 Å². The van der Waals surface area contributed by atoms with E-state index in [0.717, 1.165) is 128 Å². The van der Waals surface area contributed by atoms with Crippen molar-refractivity contribution in [1.29, 1.82) is 0 Å². The maximum Gasteiger partial charge on any atom is 0.408 e. The van der Waals surface area contributed by atoms with Crippen molar-refractivity contribution in [2.45, 2.75) is 125 Å². The number of ether oxygens (including phenoxy) is 1. The zero-order chi connectivity index (χ0) is 47.5. The summed E-state index contributed by atoms with van der Waals surface area (Å²) in [6.45, 7) is 0. The van der Waals surface area contributed by atoms with Gasteiger partial charge in [0.15, 0.2) is 0 Å². The Bertz CT molecular complexity index is 2870. The number of rotatable bonds is 13. The third-order valence-electron chi connectivity index (χ3n) is 16.0. The first-order chi connectivity index (χ1) is 34.3. The minimum absolute atomic E-state index is 0.0814. The van der Waals surface area contributed by atoms with Crippen LogP contribution in [0.15, 0.2) is 122 Å². The van der Waals surface area contributed by atoms with Gasteiger partial charge in [-0.2, -0.15) is 0 Å². The lowest BCUT2D eigenvalue weighted by Gasteiger charge is -2.38. The second kappa shape index (κ2) is 18.3. The number of piperidine rings is 2. The molecule has 2 aromatic heterocycles.